The summed E-state index contributed by atoms with van der Waals surface area (Å²) in [5, 5.41) is 12.4. The molecule has 0 unspecified atom stereocenters. The monoisotopic (exact) mass is 410 g/mol. The molecule has 0 bridgehead atoms. The van der Waals surface area contributed by atoms with Gasteiger partial charge in [-0.1, -0.05) is 55.9 Å². The molecule has 29 heavy (non-hydrogen) atoms. The van der Waals surface area contributed by atoms with Gasteiger partial charge in [-0.3, -0.25) is 4.79 Å². The standard InChI is InChI=1S/C21H26N6OS/c1-15(2)14-27-18(25-26-21(27)29-3)10-7-11-22-20(28)17-12-23-19(24-13-17)16-8-5-4-6-9-16/h4-6,8-9,12-13,15H,7,10-11,14H2,1-3H3,(H,22,28). The topological polar surface area (TPSA) is 85.6 Å². The fourth-order valence-corrected chi connectivity index (χ4v) is 3.46. The summed E-state index contributed by atoms with van der Waals surface area (Å²) in [5.74, 6) is 1.93. The van der Waals surface area contributed by atoms with Crippen LogP contribution in [0.2, 0.25) is 0 Å². The molecule has 8 heteroatoms. The molecule has 0 saturated heterocycles. The summed E-state index contributed by atoms with van der Waals surface area (Å²) in [6.07, 6.45) is 6.70. The summed E-state index contributed by atoms with van der Waals surface area (Å²) in [5.41, 5.74) is 1.38. The molecule has 2 aromatic heterocycles. The zero-order chi connectivity index (χ0) is 20.6. The minimum atomic E-state index is -0.168. The summed E-state index contributed by atoms with van der Waals surface area (Å²) >= 11 is 1.60. The van der Waals surface area contributed by atoms with Crippen molar-refractivity contribution in [2.75, 3.05) is 12.8 Å². The van der Waals surface area contributed by atoms with Crippen LogP contribution < -0.4 is 5.32 Å². The maximum absolute atomic E-state index is 12.3. The quantitative estimate of drug-likeness (QED) is 0.429. The van der Waals surface area contributed by atoms with Gasteiger partial charge in [0, 0.05) is 37.5 Å². The molecule has 0 saturated carbocycles. The number of aryl methyl sites for hydroxylation is 1. The van der Waals surface area contributed by atoms with E-state index >= 15 is 0 Å². The lowest BCUT2D eigenvalue weighted by Gasteiger charge is -2.11. The number of nitrogens with one attached hydrogen (secondary N) is 1. The van der Waals surface area contributed by atoms with E-state index in [-0.39, 0.29) is 5.91 Å². The van der Waals surface area contributed by atoms with Crippen LogP contribution in [0.3, 0.4) is 0 Å². The van der Waals surface area contributed by atoms with Crippen LogP contribution in [0.5, 0.6) is 0 Å². The lowest BCUT2D eigenvalue weighted by atomic mass is 10.2. The Labute approximate surface area is 175 Å². The second-order valence-electron chi connectivity index (χ2n) is 7.13. The van der Waals surface area contributed by atoms with Crippen LogP contribution in [0, 0.1) is 5.92 Å². The molecule has 152 valence electrons. The van der Waals surface area contributed by atoms with E-state index in [1.54, 1.807) is 24.2 Å². The van der Waals surface area contributed by atoms with Crippen LogP contribution in [-0.2, 0) is 13.0 Å². The van der Waals surface area contributed by atoms with Crippen LogP contribution in [0.15, 0.2) is 47.9 Å². The van der Waals surface area contributed by atoms with Crippen molar-refractivity contribution in [3.05, 3.63) is 54.1 Å². The van der Waals surface area contributed by atoms with Crippen molar-refractivity contribution in [2.45, 2.75) is 38.4 Å². The van der Waals surface area contributed by atoms with E-state index < -0.39 is 0 Å². The zero-order valence-corrected chi connectivity index (χ0v) is 17.8. The van der Waals surface area contributed by atoms with Crippen LogP contribution in [0.25, 0.3) is 11.4 Å². The van der Waals surface area contributed by atoms with Gasteiger partial charge in [-0.05, 0) is 18.6 Å². The lowest BCUT2D eigenvalue weighted by Crippen LogP contribution is -2.25. The maximum atomic E-state index is 12.3. The van der Waals surface area contributed by atoms with Gasteiger partial charge in [0.15, 0.2) is 11.0 Å². The molecule has 0 spiro atoms. The Hall–Kier alpha value is -2.74. The van der Waals surface area contributed by atoms with Crippen molar-refractivity contribution in [1.82, 2.24) is 30.0 Å². The number of amides is 1. The Morgan fingerprint density at radius 1 is 1.14 bits per heavy atom. The van der Waals surface area contributed by atoms with Gasteiger partial charge in [0.25, 0.3) is 5.91 Å². The molecule has 0 atom stereocenters. The first-order valence-corrected chi connectivity index (χ1v) is 10.9. The molecule has 0 aliphatic rings. The van der Waals surface area contributed by atoms with Crippen LogP contribution in [0.1, 0.15) is 36.5 Å². The lowest BCUT2D eigenvalue weighted by molar-refractivity contribution is 0.0952. The number of thioether (sulfide) groups is 1. The third kappa shape index (κ3) is 5.63. The summed E-state index contributed by atoms with van der Waals surface area (Å²) in [6, 6.07) is 9.69. The number of benzene rings is 1. The maximum Gasteiger partial charge on any atom is 0.254 e. The minimum absolute atomic E-state index is 0.168. The van der Waals surface area contributed by atoms with Crippen molar-refractivity contribution >= 4 is 17.7 Å². The van der Waals surface area contributed by atoms with E-state index in [0.29, 0.717) is 23.9 Å². The minimum Gasteiger partial charge on any atom is -0.352 e. The first-order valence-electron chi connectivity index (χ1n) is 9.70. The predicted octanol–water partition coefficient (Wildman–Crippen LogP) is 3.48. The van der Waals surface area contributed by atoms with Crippen LogP contribution in [-0.4, -0.2) is 43.4 Å². The van der Waals surface area contributed by atoms with Gasteiger partial charge >= 0.3 is 0 Å². The Morgan fingerprint density at radius 3 is 2.52 bits per heavy atom. The number of rotatable bonds is 9. The van der Waals surface area contributed by atoms with Gasteiger partial charge in [-0.15, -0.1) is 10.2 Å². The summed E-state index contributed by atoms with van der Waals surface area (Å²) in [7, 11) is 0. The molecule has 0 fully saturated rings. The van der Waals surface area contributed by atoms with E-state index in [9.17, 15) is 4.79 Å². The molecule has 0 aliphatic heterocycles. The smallest absolute Gasteiger partial charge is 0.254 e. The highest BCUT2D eigenvalue weighted by atomic mass is 32.2. The van der Waals surface area contributed by atoms with Gasteiger partial charge in [-0.2, -0.15) is 0 Å². The van der Waals surface area contributed by atoms with E-state index in [0.717, 1.165) is 35.9 Å². The van der Waals surface area contributed by atoms with Gasteiger partial charge < -0.3 is 9.88 Å². The van der Waals surface area contributed by atoms with Crippen LogP contribution in [0.4, 0.5) is 0 Å². The molecule has 1 N–H and O–H groups in total. The highest BCUT2D eigenvalue weighted by Gasteiger charge is 2.13. The average molecular weight is 411 g/mol. The van der Waals surface area contributed by atoms with Gasteiger partial charge in [-0.25, -0.2) is 9.97 Å². The van der Waals surface area contributed by atoms with E-state index in [4.69, 9.17) is 0 Å². The van der Waals surface area contributed by atoms with Crippen molar-refractivity contribution in [1.29, 1.82) is 0 Å². The molecule has 0 aliphatic carbocycles. The number of nitrogens with zero attached hydrogens (tertiary/aromatic N) is 5. The molecule has 1 aromatic carbocycles. The van der Waals surface area contributed by atoms with Crippen molar-refractivity contribution in [3.8, 4) is 11.4 Å². The zero-order valence-electron chi connectivity index (χ0n) is 17.0. The van der Waals surface area contributed by atoms with E-state index in [1.807, 2.05) is 36.6 Å². The van der Waals surface area contributed by atoms with Crippen LogP contribution >= 0.6 is 11.8 Å². The summed E-state index contributed by atoms with van der Waals surface area (Å²) < 4.78 is 2.17. The molecule has 3 aromatic rings. The number of aromatic nitrogens is 5. The molecular formula is C21H26N6OS. The second-order valence-corrected chi connectivity index (χ2v) is 7.90. The molecule has 3 rings (SSSR count). The molecular weight excluding hydrogens is 384 g/mol. The number of carbonyl (C=O) groups excluding carboxylic acids is 1. The summed E-state index contributed by atoms with van der Waals surface area (Å²) in [4.78, 5) is 20.9. The third-order valence-corrected chi connectivity index (χ3v) is 5.00. The number of hydrogen-bond acceptors (Lipinski definition) is 6. The van der Waals surface area contributed by atoms with Crippen molar-refractivity contribution < 1.29 is 4.79 Å². The fourth-order valence-electron chi connectivity index (χ4n) is 2.94. The fraction of sp³-hybridized carbons (Fsp3) is 0.381. The second kappa shape index (κ2) is 10.2. The van der Waals surface area contributed by atoms with Gasteiger partial charge in [0.05, 0.1) is 5.56 Å². The first kappa shape index (κ1) is 21.0. The Bertz CT molecular complexity index is 924. The highest BCUT2D eigenvalue weighted by Crippen LogP contribution is 2.17. The Balaban J connectivity index is 1.51. The van der Waals surface area contributed by atoms with E-state index in [2.05, 4.69) is 43.9 Å². The van der Waals surface area contributed by atoms with Crippen molar-refractivity contribution in [3.63, 3.8) is 0 Å². The number of hydrogen-bond donors (Lipinski definition) is 1. The highest BCUT2D eigenvalue weighted by molar-refractivity contribution is 7.98. The SMILES string of the molecule is CSc1nnc(CCCNC(=O)c2cnc(-c3ccccc3)nc2)n1CC(C)C. The Morgan fingerprint density at radius 2 is 1.86 bits per heavy atom. The van der Waals surface area contributed by atoms with E-state index in [1.165, 1.54) is 0 Å². The molecule has 2 heterocycles. The average Bonchev–Trinajstić information content (AvgIpc) is 3.12. The summed E-state index contributed by atoms with van der Waals surface area (Å²) in [6.45, 7) is 5.82. The Kier molecular flexibility index (Phi) is 7.35. The van der Waals surface area contributed by atoms with Gasteiger partial charge in [0.1, 0.15) is 5.82 Å². The molecule has 1 amide bonds. The number of carbonyl (C=O) groups is 1. The normalized spacial score (nSPS) is 11.0. The van der Waals surface area contributed by atoms with Gasteiger partial charge in [0.2, 0.25) is 0 Å². The predicted molar refractivity (Wildman–Crippen MR) is 115 cm³/mol. The molecule has 7 nitrogen and oxygen atoms in total. The largest absolute Gasteiger partial charge is 0.352 e. The van der Waals surface area contributed by atoms with Crippen molar-refractivity contribution in [2.24, 2.45) is 5.92 Å². The first-order chi connectivity index (χ1) is 14.1. The third-order valence-electron chi connectivity index (χ3n) is 4.33. The molecule has 0 radical (unpaired) electrons.